The van der Waals surface area contributed by atoms with E-state index >= 15 is 0 Å². The smallest absolute Gasteiger partial charge is 0.246 e. The predicted molar refractivity (Wildman–Crippen MR) is 124 cm³/mol. The summed E-state index contributed by atoms with van der Waals surface area (Å²) < 4.78 is 14.6. The van der Waals surface area contributed by atoms with E-state index in [1.165, 1.54) is 30.7 Å². The Hall–Kier alpha value is -2.99. The summed E-state index contributed by atoms with van der Waals surface area (Å²) in [5.41, 5.74) is -1.08. The molecule has 0 aromatic heterocycles. The number of nitriles is 1. The Morgan fingerprint density at radius 2 is 1.88 bits per heavy atom. The van der Waals surface area contributed by atoms with Crippen molar-refractivity contribution >= 4 is 23.4 Å². The molecule has 0 radical (unpaired) electrons. The van der Waals surface area contributed by atoms with Crippen LogP contribution in [-0.4, -0.2) is 84.4 Å². The topological polar surface area (TPSA) is 96.8 Å². The van der Waals surface area contributed by atoms with Crippen LogP contribution in [0.3, 0.4) is 0 Å². The van der Waals surface area contributed by atoms with Gasteiger partial charge in [-0.2, -0.15) is 5.26 Å². The first kappa shape index (κ1) is 26.3. The predicted octanol–water partition coefficient (Wildman–Crippen LogP) is 2.28. The maximum absolute atomic E-state index is 14.6. The zero-order valence-electron chi connectivity index (χ0n) is 20.0. The quantitative estimate of drug-likeness (QED) is 0.611. The van der Waals surface area contributed by atoms with Gasteiger partial charge in [-0.3, -0.25) is 14.4 Å². The number of alkyl halides is 1. The van der Waals surface area contributed by atoms with Gasteiger partial charge < -0.3 is 20.0 Å². The molecular weight excluding hydrogens is 425 g/mol. The van der Waals surface area contributed by atoms with Crippen LogP contribution in [0.15, 0.2) is 30.3 Å². The summed E-state index contributed by atoms with van der Waals surface area (Å²) in [5.74, 6) is -1.65. The standard InChI is InChI=1S/C24H34FN5O3/c1-24(2,25)14-20(29(5)21(31)11-12-28(3)4)23(33)30-16-17(13-19(30)15-26)22(32)27-18-9-7-6-8-10-18/h6-10,17,19-20H,11-14,16H2,1-5H3,(H,27,32). The van der Waals surface area contributed by atoms with Gasteiger partial charge in [0, 0.05) is 38.7 Å². The van der Waals surface area contributed by atoms with Gasteiger partial charge in [-0.15, -0.1) is 0 Å². The minimum Gasteiger partial charge on any atom is -0.334 e. The highest BCUT2D eigenvalue weighted by atomic mass is 19.1. The van der Waals surface area contributed by atoms with E-state index in [0.717, 1.165) is 0 Å². The number of hydrogen-bond acceptors (Lipinski definition) is 5. The second-order valence-electron chi connectivity index (χ2n) is 9.42. The number of benzene rings is 1. The lowest BCUT2D eigenvalue weighted by Gasteiger charge is -2.34. The average molecular weight is 460 g/mol. The summed E-state index contributed by atoms with van der Waals surface area (Å²) in [6, 6.07) is 9.14. The van der Waals surface area contributed by atoms with Gasteiger partial charge in [0.1, 0.15) is 17.8 Å². The first-order valence-electron chi connectivity index (χ1n) is 11.1. The van der Waals surface area contributed by atoms with Crippen LogP contribution in [0.1, 0.15) is 33.1 Å². The molecule has 1 aromatic rings. The normalized spacial score (nSPS) is 19.2. The van der Waals surface area contributed by atoms with Crippen LogP contribution in [0.5, 0.6) is 0 Å². The number of para-hydroxylation sites is 1. The number of hydrogen-bond donors (Lipinski definition) is 1. The summed E-state index contributed by atoms with van der Waals surface area (Å²) in [4.78, 5) is 43.4. The number of amides is 3. The fourth-order valence-corrected chi connectivity index (χ4v) is 3.87. The van der Waals surface area contributed by atoms with E-state index in [9.17, 15) is 24.0 Å². The lowest BCUT2D eigenvalue weighted by atomic mass is 9.98. The monoisotopic (exact) mass is 459 g/mol. The zero-order valence-corrected chi connectivity index (χ0v) is 20.0. The maximum Gasteiger partial charge on any atom is 0.246 e. The third-order valence-corrected chi connectivity index (χ3v) is 5.74. The van der Waals surface area contributed by atoms with E-state index in [1.54, 1.807) is 24.3 Å². The fourth-order valence-electron chi connectivity index (χ4n) is 3.87. The zero-order chi connectivity index (χ0) is 24.8. The molecule has 1 heterocycles. The van der Waals surface area contributed by atoms with E-state index in [1.807, 2.05) is 25.1 Å². The van der Waals surface area contributed by atoms with Gasteiger partial charge in [-0.1, -0.05) is 18.2 Å². The Labute approximate surface area is 195 Å². The molecule has 1 aliphatic rings. The number of carbonyl (C=O) groups is 3. The molecule has 3 amide bonds. The third-order valence-electron chi connectivity index (χ3n) is 5.74. The van der Waals surface area contributed by atoms with Crippen LogP contribution in [0.25, 0.3) is 0 Å². The molecule has 1 aliphatic heterocycles. The highest BCUT2D eigenvalue weighted by molar-refractivity contribution is 5.94. The molecule has 0 saturated carbocycles. The molecule has 9 heteroatoms. The van der Waals surface area contributed by atoms with Crippen LogP contribution in [0, 0.1) is 17.2 Å². The number of rotatable bonds is 9. The Balaban J connectivity index is 2.18. The summed E-state index contributed by atoms with van der Waals surface area (Å²) in [5, 5.41) is 12.5. The third kappa shape index (κ3) is 7.53. The lowest BCUT2D eigenvalue weighted by Crippen LogP contribution is -2.52. The van der Waals surface area contributed by atoms with Gasteiger partial charge in [0.25, 0.3) is 0 Å². The molecule has 180 valence electrons. The molecular formula is C24H34FN5O3. The first-order chi connectivity index (χ1) is 15.4. The van der Waals surface area contributed by atoms with Crippen molar-refractivity contribution in [2.45, 2.75) is 50.9 Å². The molecule has 1 fully saturated rings. The van der Waals surface area contributed by atoms with Gasteiger partial charge >= 0.3 is 0 Å². The van der Waals surface area contributed by atoms with Crippen LogP contribution < -0.4 is 5.32 Å². The molecule has 1 saturated heterocycles. The van der Waals surface area contributed by atoms with Gasteiger partial charge in [-0.25, -0.2) is 4.39 Å². The van der Waals surface area contributed by atoms with E-state index in [2.05, 4.69) is 11.4 Å². The summed E-state index contributed by atoms with van der Waals surface area (Å²) in [6.45, 7) is 3.24. The van der Waals surface area contributed by atoms with Crippen molar-refractivity contribution in [2.24, 2.45) is 5.92 Å². The Morgan fingerprint density at radius 3 is 2.42 bits per heavy atom. The molecule has 2 rings (SSSR count). The first-order valence-corrected chi connectivity index (χ1v) is 11.1. The van der Waals surface area contributed by atoms with Crippen molar-refractivity contribution in [3.05, 3.63) is 30.3 Å². The Kier molecular flexibility index (Phi) is 8.94. The number of likely N-dealkylation sites (N-methyl/N-ethyl adjacent to an activating group) is 1. The minimum absolute atomic E-state index is 0.0403. The molecule has 33 heavy (non-hydrogen) atoms. The number of carbonyl (C=O) groups excluding carboxylic acids is 3. The fraction of sp³-hybridized carbons (Fsp3) is 0.583. The van der Waals surface area contributed by atoms with Gasteiger partial charge in [0.15, 0.2) is 0 Å². The van der Waals surface area contributed by atoms with Gasteiger partial charge in [0.05, 0.1) is 12.0 Å². The van der Waals surface area contributed by atoms with Crippen LogP contribution >= 0.6 is 0 Å². The second-order valence-corrected chi connectivity index (χ2v) is 9.42. The molecule has 0 spiro atoms. The van der Waals surface area contributed by atoms with Gasteiger partial charge in [-0.05, 0) is 46.5 Å². The van der Waals surface area contributed by atoms with Crippen molar-refractivity contribution in [1.82, 2.24) is 14.7 Å². The highest BCUT2D eigenvalue weighted by Crippen LogP contribution is 2.28. The van der Waals surface area contributed by atoms with Crippen molar-refractivity contribution in [3.8, 4) is 6.07 Å². The Morgan fingerprint density at radius 1 is 1.24 bits per heavy atom. The van der Waals surface area contributed by atoms with Crippen molar-refractivity contribution < 1.29 is 18.8 Å². The largest absolute Gasteiger partial charge is 0.334 e. The molecule has 3 atom stereocenters. The van der Waals surface area contributed by atoms with Gasteiger partial charge in [0.2, 0.25) is 17.7 Å². The van der Waals surface area contributed by atoms with Crippen molar-refractivity contribution in [2.75, 3.05) is 39.5 Å². The van der Waals surface area contributed by atoms with Crippen LogP contribution in [-0.2, 0) is 14.4 Å². The SMILES string of the molecule is CN(C)CCC(=O)N(C)C(CC(C)(C)F)C(=O)N1CC(C(=O)Nc2ccccc2)CC1C#N. The van der Waals surface area contributed by atoms with Crippen LogP contribution in [0.2, 0.25) is 0 Å². The van der Waals surface area contributed by atoms with Crippen LogP contribution in [0.4, 0.5) is 10.1 Å². The van der Waals surface area contributed by atoms with E-state index in [4.69, 9.17) is 0 Å². The summed E-state index contributed by atoms with van der Waals surface area (Å²) in [6.07, 6.45) is 0.167. The van der Waals surface area contributed by atoms with E-state index < -0.39 is 29.6 Å². The van der Waals surface area contributed by atoms with Crippen molar-refractivity contribution in [1.29, 1.82) is 5.26 Å². The summed E-state index contributed by atoms with van der Waals surface area (Å²) >= 11 is 0. The lowest BCUT2D eigenvalue weighted by molar-refractivity contribution is -0.146. The average Bonchev–Trinajstić information content (AvgIpc) is 3.19. The maximum atomic E-state index is 14.6. The highest BCUT2D eigenvalue weighted by Gasteiger charge is 2.43. The molecule has 8 nitrogen and oxygen atoms in total. The van der Waals surface area contributed by atoms with Crippen molar-refractivity contribution in [3.63, 3.8) is 0 Å². The number of anilines is 1. The minimum atomic E-state index is -1.71. The molecule has 1 N–H and O–H groups in total. The van der Waals surface area contributed by atoms with E-state index in [-0.39, 0.29) is 37.6 Å². The number of likely N-dealkylation sites (tertiary alicyclic amines) is 1. The summed E-state index contributed by atoms with van der Waals surface area (Å²) in [7, 11) is 5.16. The molecule has 3 unspecified atom stereocenters. The number of nitrogens with one attached hydrogen (secondary N) is 1. The molecule has 0 aliphatic carbocycles. The number of halogens is 1. The second kappa shape index (κ2) is 11.2. The molecule has 1 aromatic carbocycles. The number of nitrogens with zero attached hydrogens (tertiary/aromatic N) is 4. The molecule has 0 bridgehead atoms. The van der Waals surface area contributed by atoms with E-state index in [0.29, 0.717) is 12.2 Å². The Bertz CT molecular complexity index is 878.